The zero-order valence-corrected chi connectivity index (χ0v) is 14.3. The van der Waals surface area contributed by atoms with Crippen LogP contribution in [-0.2, 0) is 4.79 Å². The summed E-state index contributed by atoms with van der Waals surface area (Å²) in [5, 5.41) is 2.78. The van der Waals surface area contributed by atoms with Gasteiger partial charge in [0.05, 0.1) is 11.0 Å². The summed E-state index contributed by atoms with van der Waals surface area (Å²) in [7, 11) is 0. The molecule has 4 nitrogen and oxygen atoms in total. The molecule has 0 bridgehead atoms. The first-order valence-electron chi connectivity index (χ1n) is 8.47. The van der Waals surface area contributed by atoms with Gasteiger partial charge in [-0.05, 0) is 60.2 Å². The lowest BCUT2D eigenvalue weighted by molar-refractivity contribution is -0.111. The van der Waals surface area contributed by atoms with Crippen LogP contribution in [0, 0.1) is 5.82 Å². The minimum Gasteiger partial charge on any atom is -0.338 e. The molecule has 132 valence electrons. The fourth-order valence-corrected chi connectivity index (χ4v) is 2.77. The molecule has 0 saturated heterocycles. The third-order valence-corrected chi connectivity index (χ3v) is 4.09. The minimum atomic E-state index is -0.335. The second-order valence-corrected chi connectivity index (χ2v) is 6.06. The number of amides is 1. The van der Waals surface area contributed by atoms with Gasteiger partial charge in [-0.25, -0.2) is 9.37 Å². The number of hydrogen-bond acceptors (Lipinski definition) is 2. The van der Waals surface area contributed by atoms with Crippen LogP contribution in [0.5, 0.6) is 0 Å². The topological polar surface area (TPSA) is 57.8 Å². The fraction of sp³-hybridized carbons (Fsp3) is 0. The Bertz CT molecular complexity index is 1100. The van der Waals surface area contributed by atoms with E-state index in [2.05, 4.69) is 15.3 Å². The third-order valence-electron chi connectivity index (χ3n) is 4.09. The maximum atomic E-state index is 13.1. The van der Waals surface area contributed by atoms with Crippen LogP contribution in [0.15, 0.2) is 78.9 Å². The number of fused-ring (bicyclic) bond motifs is 1. The van der Waals surface area contributed by atoms with E-state index in [-0.39, 0.29) is 11.7 Å². The number of hydrogen-bond donors (Lipinski definition) is 2. The maximum absolute atomic E-state index is 13.1. The second-order valence-electron chi connectivity index (χ2n) is 6.06. The van der Waals surface area contributed by atoms with Crippen LogP contribution in [0.4, 0.5) is 10.1 Å². The Hall–Kier alpha value is -3.73. The Kier molecular flexibility index (Phi) is 4.49. The Balaban J connectivity index is 1.45. The summed E-state index contributed by atoms with van der Waals surface area (Å²) in [4.78, 5) is 19.9. The smallest absolute Gasteiger partial charge is 0.248 e. The van der Waals surface area contributed by atoms with Crippen LogP contribution in [0.25, 0.3) is 28.5 Å². The SMILES string of the molecule is O=C(/C=C/c1cccc(F)c1)Nc1ccc(-c2nc3ccccc3[nH]2)cc1. The summed E-state index contributed by atoms with van der Waals surface area (Å²) in [6.45, 7) is 0. The Morgan fingerprint density at radius 3 is 2.59 bits per heavy atom. The predicted octanol–water partition coefficient (Wildman–Crippen LogP) is 5.02. The molecule has 0 spiro atoms. The van der Waals surface area contributed by atoms with Crippen LogP contribution < -0.4 is 5.32 Å². The number of aromatic nitrogens is 2. The van der Waals surface area contributed by atoms with Gasteiger partial charge in [-0.15, -0.1) is 0 Å². The van der Waals surface area contributed by atoms with Gasteiger partial charge in [-0.3, -0.25) is 4.79 Å². The predicted molar refractivity (Wildman–Crippen MR) is 106 cm³/mol. The molecule has 27 heavy (non-hydrogen) atoms. The number of halogens is 1. The van der Waals surface area contributed by atoms with E-state index in [4.69, 9.17) is 0 Å². The number of imidazole rings is 1. The summed E-state index contributed by atoms with van der Waals surface area (Å²) >= 11 is 0. The number of para-hydroxylation sites is 2. The Morgan fingerprint density at radius 2 is 1.81 bits per heavy atom. The van der Waals surface area contributed by atoms with Gasteiger partial charge in [0.15, 0.2) is 0 Å². The van der Waals surface area contributed by atoms with Gasteiger partial charge in [0.1, 0.15) is 11.6 Å². The van der Waals surface area contributed by atoms with Crippen LogP contribution in [0.1, 0.15) is 5.56 Å². The average Bonchev–Trinajstić information content (AvgIpc) is 3.11. The van der Waals surface area contributed by atoms with E-state index in [1.807, 2.05) is 48.5 Å². The quantitative estimate of drug-likeness (QED) is 0.504. The number of nitrogens with one attached hydrogen (secondary N) is 2. The fourth-order valence-electron chi connectivity index (χ4n) is 2.77. The van der Waals surface area contributed by atoms with Crippen molar-refractivity contribution in [2.24, 2.45) is 0 Å². The summed E-state index contributed by atoms with van der Waals surface area (Å²) in [6, 6.07) is 21.3. The number of H-pyrrole nitrogens is 1. The van der Waals surface area contributed by atoms with Crippen LogP contribution >= 0.6 is 0 Å². The summed E-state index contributed by atoms with van der Waals surface area (Å²) in [5.41, 5.74) is 4.12. The summed E-state index contributed by atoms with van der Waals surface area (Å²) in [6.07, 6.45) is 2.95. The second kappa shape index (κ2) is 7.25. The van der Waals surface area contributed by atoms with Gasteiger partial charge in [-0.1, -0.05) is 24.3 Å². The van der Waals surface area contributed by atoms with Crippen molar-refractivity contribution < 1.29 is 9.18 Å². The highest BCUT2D eigenvalue weighted by Gasteiger charge is 2.05. The molecule has 0 aliphatic rings. The van der Waals surface area contributed by atoms with E-state index < -0.39 is 0 Å². The van der Waals surface area contributed by atoms with Crippen LogP contribution in [0.2, 0.25) is 0 Å². The summed E-state index contributed by atoms with van der Waals surface area (Å²) in [5.74, 6) is 0.162. The Morgan fingerprint density at radius 1 is 1.00 bits per heavy atom. The van der Waals surface area contributed by atoms with Gasteiger partial charge in [0, 0.05) is 17.3 Å². The normalized spacial score (nSPS) is 11.1. The summed E-state index contributed by atoms with van der Waals surface area (Å²) < 4.78 is 13.1. The Labute approximate surface area is 155 Å². The standard InChI is InChI=1S/C22H16FN3O/c23-17-5-3-4-15(14-17)8-13-21(27)24-18-11-9-16(10-12-18)22-25-19-6-1-2-7-20(19)26-22/h1-14H,(H,24,27)(H,25,26)/b13-8+. The van der Waals surface area contributed by atoms with Crippen molar-refractivity contribution in [3.63, 3.8) is 0 Å². The number of carbonyl (C=O) groups is 1. The number of carbonyl (C=O) groups excluding carboxylic acids is 1. The molecule has 0 radical (unpaired) electrons. The molecule has 2 N–H and O–H groups in total. The first-order valence-corrected chi connectivity index (χ1v) is 8.47. The van der Waals surface area contributed by atoms with Crippen molar-refractivity contribution in [2.45, 2.75) is 0 Å². The molecule has 0 atom stereocenters. The number of benzene rings is 3. The number of rotatable bonds is 4. The molecule has 0 aliphatic heterocycles. The number of nitrogens with zero attached hydrogens (tertiary/aromatic N) is 1. The van der Waals surface area contributed by atoms with Crippen molar-refractivity contribution >= 4 is 28.7 Å². The minimum absolute atomic E-state index is 0.282. The molecule has 3 aromatic carbocycles. The number of aromatic amines is 1. The number of anilines is 1. The van der Waals surface area contributed by atoms with Crippen LogP contribution in [0.3, 0.4) is 0 Å². The van der Waals surface area contributed by atoms with Gasteiger partial charge >= 0.3 is 0 Å². The highest BCUT2D eigenvalue weighted by molar-refractivity contribution is 6.02. The van der Waals surface area contributed by atoms with Crippen molar-refractivity contribution in [2.75, 3.05) is 5.32 Å². The van der Waals surface area contributed by atoms with Crippen molar-refractivity contribution in [1.29, 1.82) is 0 Å². The van der Waals surface area contributed by atoms with Crippen LogP contribution in [-0.4, -0.2) is 15.9 Å². The van der Waals surface area contributed by atoms with E-state index in [0.29, 0.717) is 11.3 Å². The van der Waals surface area contributed by atoms with Crippen molar-refractivity contribution in [1.82, 2.24) is 9.97 Å². The molecule has 0 unspecified atom stereocenters. The van der Waals surface area contributed by atoms with Gasteiger partial charge in [0.2, 0.25) is 5.91 Å². The molecule has 1 aromatic heterocycles. The molecular weight excluding hydrogens is 341 g/mol. The zero-order chi connectivity index (χ0) is 18.6. The molecule has 1 amide bonds. The average molecular weight is 357 g/mol. The lowest BCUT2D eigenvalue weighted by Gasteiger charge is -2.03. The molecule has 1 heterocycles. The lowest BCUT2D eigenvalue weighted by atomic mass is 10.2. The van der Waals surface area contributed by atoms with Gasteiger partial charge < -0.3 is 10.3 Å². The molecule has 0 saturated carbocycles. The first-order chi connectivity index (χ1) is 13.2. The molecule has 0 aliphatic carbocycles. The molecule has 4 aromatic rings. The first kappa shape index (κ1) is 16.7. The zero-order valence-electron chi connectivity index (χ0n) is 14.3. The van der Waals surface area contributed by atoms with Gasteiger partial charge in [0.25, 0.3) is 0 Å². The monoisotopic (exact) mass is 357 g/mol. The van der Waals surface area contributed by atoms with E-state index in [1.165, 1.54) is 18.2 Å². The highest BCUT2D eigenvalue weighted by Crippen LogP contribution is 2.22. The van der Waals surface area contributed by atoms with E-state index >= 15 is 0 Å². The lowest BCUT2D eigenvalue weighted by Crippen LogP contribution is -2.07. The molecule has 4 rings (SSSR count). The largest absolute Gasteiger partial charge is 0.338 e. The van der Waals surface area contributed by atoms with E-state index in [0.717, 1.165) is 22.4 Å². The van der Waals surface area contributed by atoms with Crippen molar-refractivity contribution in [3.8, 4) is 11.4 Å². The van der Waals surface area contributed by atoms with E-state index in [1.54, 1.807) is 18.2 Å². The van der Waals surface area contributed by atoms with Crippen molar-refractivity contribution in [3.05, 3.63) is 90.3 Å². The molecule has 0 fully saturated rings. The molecular formula is C22H16FN3O. The molecule has 5 heteroatoms. The van der Waals surface area contributed by atoms with E-state index in [9.17, 15) is 9.18 Å². The van der Waals surface area contributed by atoms with Gasteiger partial charge in [-0.2, -0.15) is 0 Å². The third kappa shape index (κ3) is 3.93. The maximum Gasteiger partial charge on any atom is 0.248 e. The highest BCUT2D eigenvalue weighted by atomic mass is 19.1.